The van der Waals surface area contributed by atoms with Crippen LogP contribution in [0.2, 0.25) is 0 Å². The standard InChI is InChI=1S/C18H24N2O/c1-4-15-8-5-6-10-17(15)21-18-16(9-7-11-20-18)13-19-12-14(2)3/h5-11,14,19H,4,12-13H2,1-3H3. The highest BCUT2D eigenvalue weighted by Gasteiger charge is 2.08. The zero-order chi connectivity index (χ0) is 15.1. The number of ether oxygens (including phenoxy) is 1. The monoisotopic (exact) mass is 284 g/mol. The van der Waals surface area contributed by atoms with Crippen molar-refractivity contribution in [3.05, 3.63) is 53.7 Å². The molecule has 0 unspecified atom stereocenters. The van der Waals surface area contributed by atoms with Crippen LogP contribution in [0, 0.1) is 5.92 Å². The van der Waals surface area contributed by atoms with Crippen molar-refractivity contribution in [2.75, 3.05) is 6.54 Å². The Bertz CT molecular complexity index is 567. The predicted octanol–water partition coefficient (Wildman–Crippen LogP) is 4.18. The second kappa shape index (κ2) is 7.79. The van der Waals surface area contributed by atoms with Gasteiger partial charge in [-0.3, -0.25) is 0 Å². The molecule has 3 nitrogen and oxygen atoms in total. The van der Waals surface area contributed by atoms with Gasteiger partial charge in [-0.05, 0) is 36.6 Å². The van der Waals surface area contributed by atoms with E-state index in [0.29, 0.717) is 11.8 Å². The molecule has 3 heteroatoms. The van der Waals surface area contributed by atoms with Gasteiger partial charge >= 0.3 is 0 Å². The van der Waals surface area contributed by atoms with Crippen molar-refractivity contribution in [2.24, 2.45) is 5.92 Å². The zero-order valence-corrected chi connectivity index (χ0v) is 13.1. The Morgan fingerprint density at radius 3 is 2.62 bits per heavy atom. The van der Waals surface area contributed by atoms with E-state index >= 15 is 0 Å². The molecule has 1 aromatic carbocycles. The summed E-state index contributed by atoms with van der Waals surface area (Å²) in [6.07, 6.45) is 2.72. The van der Waals surface area contributed by atoms with Crippen LogP contribution < -0.4 is 10.1 Å². The predicted molar refractivity (Wildman–Crippen MR) is 86.7 cm³/mol. The first-order chi connectivity index (χ1) is 10.2. The van der Waals surface area contributed by atoms with Crippen LogP contribution in [0.25, 0.3) is 0 Å². The van der Waals surface area contributed by atoms with Crippen molar-refractivity contribution in [3.63, 3.8) is 0 Å². The van der Waals surface area contributed by atoms with E-state index in [1.54, 1.807) is 6.20 Å². The van der Waals surface area contributed by atoms with Gasteiger partial charge in [-0.2, -0.15) is 0 Å². The van der Waals surface area contributed by atoms with Crippen LogP contribution in [0.3, 0.4) is 0 Å². The molecule has 1 aromatic heterocycles. The van der Waals surface area contributed by atoms with Gasteiger partial charge in [-0.1, -0.05) is 45.0 Å². The van der Waals surface area contributed by atoms with E-state index in [1.807, 2.05) is 24.3 Å². The SMILES string of the molecule is CCc1ccccc1Oc1ncccc1CNCC(C)C. The third-order valence-corrected chi connectivity index (χ3v) is 3.28. The lowest BCUT2D eigenvalue weighted by Crippen LogP contribution is -2.19. The maximum absolute atomic E-state index is 6.04. The van der Waals surface area contributed by atoms with Crippen molar-refractivity contribution in [2.45, 2.75) is 33.7 Å². The number of rotatable bonds is 7. The van der Waals surface area contributed by atoms with E-state index in [0.717, 1.165) is 30.8 Å². The first-order valence-corrected chi connectivity index (χ1v) is 7.61. The number of nitrogens with one attached hydrogen (secondary N) is 1. The van der Waals surface area contributed by atoms with Crippen LogP contribution in [0.15, 0.2) is 42.6 Å². The summed E-state index contributed by atoms with van der Waals surface area (Å²) in [6, 6.07) is 12.1. The third-order valence-electron chi connectivity index (χ3n) is 3.28. The smallest absolute Gasteiger partial charge is 0.223 e. The summed E-state index contributed by atoms with van der Waals surface area (Å²) in [4.78, 5) is 4.38. The number of pyridine rings is 1. The van der Waals surface area contributed by atoms with Crippen molar-refractivity contribution in [3.8, 4) is 11.6 Å². The minimum Gasteiger partial charge on any atom is -0.438 e. The molecule has 112 valence electrons. The normalized spacial score (nSPS) is 10.9. The van der Waals surface area contributed by atoms with Crippen molar-refractivity contribution in [1.82, 2.24) is 10.3 Å². The van der Waals surface area contributed by atoms with E-state index in [9.17, 15) is 0 Å². The Labute approximate surface area is 127 Å². The van der Waals surface area contributed by atoms with E-state index in [-0.39, 0.29) is 0 Å². The molecule has 1 heterocycles. The number of para-hydroxylation sites is 1. The summed E-state index contributed by atoms with van der Waals surface area (Å²) in [5.74, 6) is 2.21. The average molecular weight is 284 g/mol. The highest BCUT2D eigenvalue weighted by molar-refractivity contribution is 5.38. The molecule has 0 spiro atoms. The van der Waals surface area contributed by atoms with Gasteiger partial charge in [0.2, 0.25) is 5.88 Å². The van der Waals surface area contributed by atoms with E-state index in [2.05, 4.69) is 43.2 Å². The van der Waals surface area contributed by atoms with E-state index in [1.165, 1.54) is 5.56 Å². The minimum absolute atomic E-state index is 0.631. The second-order valence-corrected chi connectivity index (χ2v) is 5.56. The van der Waals surface area contributed by atoms with Crippen LogP contribution in [0.5, 0.6) is 11.6 Å². The molecule has 0 fully saturated rings. The molecule has 2 rings (SSSR count). The van der Waals surface area contributed by atoms with Crippen LogP contribution in [-0.2, 0) is 13.0 Å². The minimum atomic E-state index is 0.631. The first-order valence-electron chi connectivity index (χ1n) is 7.61. The number of hydrogen-bond acceptors (Lipinski definition) is 3. The van der Waals surface area contributed by atoms with Gasteiger partial charge in [-0.15, -0.1) is 0 Å². The van der Waals surface area contributed by atoms with Crippen LogP contribution in [0.1, 0.15) is 31.9 Å². The Kier molecular flexibility index (Phi) is 5.76. The molecule has 0 aliphatic heterocycles. The topological polar surface area (TPSA) is 34.1 Å². The molecule has 0 radical (unpaired) electrons. The molecule has 2 aromatic rings. The van der Waals surface area contributed by atoms with Crippen LogP contribution in [-0.4, -0.2) is 11.5 Å². The molecular formula is C18H24N2O. The summed E-state index contributed by atoms with van der Waals surface area (Å²) in [7, 11) is 0. The van der Waals surface area contributed by atoms with E-state index in [4.69, 9.17) is 4.74 Å². The quantitative estimate of drug-likeness (QED) is 0.828. The number of nitrogens with zero attached hydrogens (tertiary/aromatic N) is 1. The van der Waals surface area contributed by atoms with Gasteiger partial charge < -0.3 is 10.1 Å². The van der Waals surface area contributed by atoms with Gasteiger partial charge in [0.25, 0.3) is 0 Å². The Morgan fingerprint density at radius 2 is 1.86 bits per heavy atom. The Morgan fingerprint density at radius 1 is 1.10 bits per heavy atom. The number of aryl methyl sites for hydroxylation is 1. The van der Waals surface area contributed by atoms with Crippen molar-refractivity contribution < 1.29 is 4.74 Å². The molecule has 0 aliphatic carbocycles. The largest absolute Gasteiger partial charge is 0.438 e. The highest BCUT2D eigenvalue weighted by atomic mass is 16.5. The lowest BCUT2D eigenvalue weighted by Gasteiger charge is -2.13. The summed E-state index contributed by atoms with van der Waals surface area (Å²) < 4.78 is 6.04. The molecule has 0 saturated carbocycles. The molecule has 1 N–H and O–H groups in total. The maximum Gasteiger partial charge on any atom is 0.223 e. The first kappa shape index (κ1) is 15.5. The van der Waals surface area contributed by atoms with Crippen molar-refractivity contribution in [1.29, 1.82) is 0 Å². The third kappa shape index (κ3) is 4.57. The number of aromatic nitrogens is 1. The Hall–Kier alpha value is -1.87. The molecular weight excluding hydrogens is 260 g/mol. The maximum atomic E-state index is 6.04. The number of benzene rings is 1. The number of hydrogen-bond donors (Lipinski definition) is 1. The second-order valence-electron chi connectivity index (χ2n) is 5.56. The van der Waals surface area contributed by atoms with Gasteiger partial charge in [0.05, 0.1) is 0 Å². The summed E-state index contributed by atoms with van der Waals surface area (Å²) in [6.45, 7) is 8.29. The molecule has 21 heavy (non-hydrogen) atoms. The van der Waals surface area contributed by atoms with E-state index < -0.39 is 0 Å². The van der Waals surface area contributed by atoms with Gasteiger partial charge in [0.1, 0.15) is 5.75 Å². The fourth-order valence-electron chi connectivity index (χ4n) is 2.15. The summed E-state index contributed by atoms with van der Waals surface area (Å²) in [5, 5.41) is 3.44. The molecule has 0 saturated heterocycles. The molecule has 0 bridgehead atoms. The van der Waals surface area contributed by atoms with Crippen LogP contribution >= 0.6 is 0 Å². The highest BCUT2D eigenvalue weighted by Crippen LogP contribution is 2.26. The summed E-state index contributed by atoms with van der Waals surface area (Å²) in [5.41, 5.74) is 2.29. The van der Waals surface area contributed by atoms with Gasteiger partial charge in [0, 0.05) is 18.3 Å². The lowest BCUT2D eigenvalue weighted by atomic mass is 10.1. The Balaban J connectivity index is 2.12. The molecule has 0 amide bonds. The summed E-state index contributed by atoms with van der Waals surface area (Å²) >= 11 is 0. The lowest BCUT2D eigenvalue weighted by molar-refractivity contribution is 0.445. The average Bonchev–Trinajstić information content (AvgIpc) is 2.49. The van der Waals surface area contributed by atoms with Gasteiger partial charge in [0.15, 0.2) is 0 Å². The van der Waals surface area contributed by atoms with Crippen LogP contribution in [0.4, 0.5) is 0 Å². The fourth-order valence-corrected chi connectivity index (χ4v) is 2.15. The molecule has 0 atom stereocenters. The zero-order valence-electron chi connectivity index (χ0n) is 13.1. The molecule has 0 aliphatic rings. The van der Waals surface area contributed by atoms with Crippen molar-refractivity contribution >= 4 is 0 Å². The van der Waals surface area contributed by atoms with Gasteiger partial charge in [-0.25, -0.2) is 4.98 Å². The fraction of sp³-hybridized carbons (Fsp3) is 0.389.